The standard InChI is InChI=1S/C14H18N4OS/c1-3-5-10(12-6-4-7-20-12)18-14(19)11-8-16-9-13(15-2)17-11/h4,6-10H,3,5H2,1-2H3,(H,15,17)(H,18,19). The highest BCUT2D eigenvalue weighted by atomic mass is 32.1. The second-order valence-corrected chi connectivity index (χ2v) is 5.35. The molecule has 2 heterocycles. The summed E-state index contributed by atoms with van der Waals surface area (Å²) in [5.41, 5.74) is 0.328. The van der Waals surface area contributed by atoms with Gasteiger partial charge in [-0.2, -0.15) is 0 Å². The molecule has 2 N–H and O–H groups in total. The number of rotatable bonds is 6. The Kier molecular flexibility index (Phi) is 5.06. The molecule has 1 unspecified atom stereocenters. The summed E-state index contributed by atoms with van der Waals surface area (Å²) >= 11 is 1.65. The van der Waals surface area contributed by atoms with Crippen LogP contribution in [0.2, 0.25) is 0 Å². The van der Waals surface area contributed by atoms with E-state index in [2.05, 4.69) is 27.5 Å². The molecule has 0 aliphatic rings. The molecule has 106 valence electrons. The first-order valence-electron chi connectivity index (χ1n) is 6.58. The van der Waals surface area contributed by atoms with Gasteiger partial charge in [0.15, 0.2) is 0 Å². The number of anilines is 1. The number of hydrogen-bond donors (Lipinski definition) is 2. The minimum atomic E-state index is -0.193. The van der Waals surface area contributed by atoms with Crippen LogP contribution in [-0.4, -0.2) is 22.9 Å². The molecule has 0 radical (unpaired) electrons. The molecule has 1 atom stereocenters. The first kappa shape index (κ1) is 14.5. The van der Waals surface area contributed by atoms with Crippen molar-refractivity contribution in [3.8, 4) is 0 Å². The quantitative estimate of drug-likeness (QED) is 0.858. The second-order valence-electron chi connectivity index (χ2n) is 4.37. The van der Waals surface area contributed by atoms with E-state index in [0.29, 0.717) is 11.5 Å². The zero-order valence-electron chi connectivity index (χ0n) is 11.6. The Bertz CT molecular complexity index is 556. The zero-order chi connectivity index (χ0) is 14.4. The Morgan fingerprint density at radius 2 is 2.30 bits per heavy atom. The fourth-order valence-electron chi connectivity index (χ4n) is 1.89. The number of carbonyl (C=O) groups excluding carboxylic acids is 1. The Hall–Kier alpha value is -1.95. The van der Waals surface area contributed by atoms with Gasteiger partial charge in [-0.1, -0.05) is 19.4 Å². The van der Waals surface area contributed by atoms with Crippen molar-refractivity contribution in [2.75, 3.05) is 12.4 Å². The first-order valence-corrected chi connectivity index (χ1v) is 7.46. The Balaban J connectivity index is 2.11. The van der Waals surface area contributed by atoms with Crippen molar-refractivity contribution in [2.45, 2.75) is 25.8 Å². The fraction of sp³-hybridized carbons (Fsp3) is 0.357. The summed E-state index contributed by atoms with van der Waals surface area (Å²) in [5, 5.41) is 7.93. The van der Waals surface area contributed by atoms with E-state index in [-0.39, 0.29) is 11.9 Å². The molecular weight excluding hydrogens is 272 g/mol. The summed E-state index contributed by atoms with van der Waals surface area (Å²) in [7, 11) is 1.75. The molecule has 0 aliphatic heterocycles. The van der Waals surface area contributed by atoms with Gasteiger partial charge in [0.2, 0.25) is 0 Å². The van der Waals surface area contributed by atoms with Crippen LogP contribution in [-0.2, 0) is 0 Å². The number of hydrogen-bond acceptors (Lipinski definition) is 5. The van der Waals surface area contributed by atoms with Crippen LogP contribution in [0.5, 0.6) is 0 Å². The molecule has 0 saturated carbocycles. The Morgan fingerprint density at radius 1 is 1.45 bits per heavy atom. The third kappa shape index (κ3) is 3.54. The summed E-state index contributed by atoms with van der Waals surface area (Å²) in [4.78, 5) is 21.6. The van der Waals surface area contributed by atoms with Gasteiger partial charge in [0.05, 0.1) is 18.4 Å². The lowest BCUT2D eigenvalue weighted by Gasteiger charge is -2.16. The third-order valence-electron chi connectivity index (χ3n) is 2.89. The maximum Gasteiger partial charge on any atom is 0.272 e. The van der Waals surface area contributed by atoms with Crippen LogP contribution in [0.3, 0.4) is 0 Å². The van der Waals surface area contributed by atoms with Crippen molar-refractivity contribution in [3.05, 3.63) is 40.5 Å². The smallest absolute Gasteiger partial charge is 0.272 e. The Labute approximate surface area is 122 Å². The second kappa shape index (κ2) is 7.00. The third-order valence-corrected chi connectivity index (χ3v) is 3.88. The molecule has 0 aromatic carbocycles. The molecule has 5 nitrogen and oxygen atoms in total. The normalized spacial score (nSPS) is 11.9. The van der Waals surface area contributed by atoms with Gasteiger partial charge in [-0.05, 0) is 17.9 Å². The van der Waals surface area contributed by atoms with Crippen molar-refractivity contribution < 1.29 is 4.79 Å². The SMILES string of the molecule is CCCC(NC(=O)c1cncc(NC)n1)c1cccs1. The van der Waals surface area contributed by atoms with Crippen LogP contribution in [0.25, 0.3) is 0 Å². The van der Waals surface area contributed by atoms with E-state index in [0.717, 1.165) is 17.7 Å². The summed E-state index contributed by atoms with van der Waals surface area (Å²) in [6, 6.07) is 4.07. The number of nitrogens with zero attached hydrogens (tertiary/aromatic N) is 2. The molecule has 0 aliphatic carbocycles. The van der Waals surface area contributed by atoms with E-state index in [1.54, 1.807) is 24.6 Å². The van der Waals surface area contributed by atoms with E-state index in [1.807, 2.05) is 17.5 Å². The van der Waals surface area contributed by atoms with Crippen LogP contribution in [0.15, 0.2) is 29.9 Å². The predicted molar refractivity (Wildman–Crippen MR) is 81.0 cm³/mol. The highest BCUT2D eigenvalue weighted by Crippen LogP contribution is 2.23. The minimum Gasteiger partial charge on any atom is -0.372 e. The predicted octanol–water partition coefficient (Wildman–Crippen LogP) is 2.85. The monoisotopic (exact) mass is 290 g/mol. The van der Waals surface area contributed by atoms with E-state index >= 15 is 0 Å². The Morgan fingerprint density at radius 3 is 2.95 bits per heavy atom. The maximum absolute atomic E-state index is 12.3. The number of aromatic nitrogens is 2. The molecule has 0 bridgehead atoms. The van der Waals surface area contributed by atoms with Gasteiger partial charge in [-0.15, -0.1) is 11.3 Å². The molecule has 0 saturated heterocycles. The van der Waals surface area contributed by atoms with Gasteiger partial charge in [-0.3, -0.25) is 9.78 Å². The lowest BCUT2D eigenvalue weighted by atomic mass is 10.1. The molecule has 2 aromatic rings. The number of nitrogens with one attached hydrogen (secondary N) is 2. The number of carbonyl (C=O) groups is 1. The van der Waals surface area contributed by atoms with Crippen LogP contribution in [0.4, 0.5) is 5.82 Å². The van der Waals surface area contributed by atoms with Gasteiger partial charge in [0, 0.05) is 11.9 Å². The van der Waals surface area contributed by atoms with Gasteiger partial charge in [0.1, 0.15) is 11.5 Å². The summed E-state index contributed by atoms with van der Waals surface area (Å²) in [6.07, 6.45) is 4.98. The molecule has 20 heavy (non-hydrogen) atoms. The van der Waals surface area contributed by atoms with Crippen LogP contribution in [0, 0.1) is 0 Å². The lowest BCUT2D eigenvalue weighted by Crippen LogP contribution is -2.29. The van der Waals surface area contributed by atoms with Crippen molar-refractivity contribution in [1.82, 2.24) is 15.3 Å². The highest BCUT2D eigenvalue weighted by molar-refractivity contribution is 7.10. The van der Waals surface area contributed by atoms with E-state index in [9.17, 15) is 4.79 Å². The summed E-state index contributed by atoms with van der Waals surface area (Å²) in [6.45, 7) is 2.11. The molecule has 0 fully saturated rings. The van der Waals surface area contributed by atoms with E-state index in [1.165, 1.54) is 6.20 Å². The van der Waals surface area contributed by atoms with Crippen molar-refractivity contribution in [2.24, 2.45) is 0 Å². The number of amides is 1. The van der Waals surface area contributed by atoms with Crippen LogP contribution in [0.1, 0.15) is 41.2 Å². The first-order chi connectivity index (χ1) is 9.74. The summed E-state index contributed by atoms with van der Waals surface area (Å²) in [5.74, 6) is 0.391. The average Bonchev–Trinajstić information content (AvgIpc) is 3.01. The molecular formula is C14H18N4OS. The van der Waals surface area contributed by atoms with E-state index in [4.69, 9.17) is 0 Å². The largest absolute Gasteiger partial charge is 0.372 e. The molecule has 6 heteroatoms. The van der Waals surface area contributed by atoms with Crippen molar-refractivity contribution in [1.29, 1.82) is 0 Å². The molecule has 1 amide bonds. The van der Waals surface area contributed by atoms with Crippen LogP contribution < -0.4 is 10.6 Å². The van der Waals surface area contributed by atoms with E-state index < -0.39 is 0 Å². The topological polar surface area (TPSA) is 66.9 Å². The lowest BCUT2D eigenvalue weighted by molar-refractivity contribution is 0.0930. The molecule has 2 aromatic heterocycles. The van der Waals surface area contributed by atoms with Crippen molar-refractivity contribution >= 4 is 23.1 Å². The summed E-state index contributed by atoms with van der Waals surface area (Å²) < 4.78 is 0. The average molecular weight is 290 g/mol. The van der Waals surface area contributed by atoms with Gasteiger partial charge in [0.25, 0.3) is 5.91 Å². The minimum absolute atomic E-state index is 0.0348. The molecule has 0 spiro atoms. The van der Waals surface area contributed by atoms with Gasteiger partial charge >= 0.3 is 0 Å². The van der Waals surface area contributed by atoms with Gasteiger partial charge in [-0.25, -0.2) is 4.98 Å². The van der Waals surface area contributed by atoms with Crippen molar-refractivity contribution in [3.63, 3.8) is 0 Å². The molecule has 2 rings (SSSR count). The maximum atomic E-state index is 12.3. The highest BCUT2D eigenvalue weighted by Gasteiger charge is 2.17. The number of thiophene rings is 1. The van der Waals surface area contributed by atoms with Gasteiger partial charge < -0.3 is 10.6 Å². The fourth-order valence-corrected chi connectivity index (χ4v) is 2.70. The zero-order valence-corrected chi connectivity index (χ0v) is 12.4. The van der Waals surface area contributed by atoms with Crippen LogP contribution >= 0.6 is 11.3 Å².